The first-order valence-corrected chi connectivity index (χ1v) is 5.65. The van der Waals surface area contributed by atoms with Crippen LogP contribution >= 0.6 is 0 Å². The van der Waals surface area contributed by atoms with Gasteiger partial charge in [0, 0.05) is 11.8 Å². The molecule has 90 valence electrons. The Hall–Kier alpha value is -1.13. The highest BCUT2D eigenvalue weighted by Gasteiger charge is 2.07. The van der Waals surface area contributed by atoms with E-state index >= 15 is 0 Å². The summed E-state index contributed by atoms with van der Waals surface area (Å²) in [5.74, 6) is 6.70. The first-order chi connectivity index (χ1) is 7.63. The van der Waals surface area contributed by atoms with Crippen molar-refractivity contribution in [2.24, 2.45) is 11.8 Å². The van der Waals surface area contributed by atoms with E-state index in [4.69, 9.17) is 10.6 Å². The van der Waals surface area contributed by atoms with Gasteiger partial charge in [-0.2, -0.15) is 0 Å². The van der Waals surface area contributed by atoms with Crippen LogP contribution in [0.5, 0.6) is 0 Å². The van der Waals surface area contributed by atoms with Crippen LogP contribution < -0.4 is 11.3 Å². The topological polar surface area (TPSA) is 60.2 Å². The number of nitrogens with two attached hydrogens (primary N) is 1. The number of nitrogen functional groups attached to an aromatic ring is 1. The first-order valence-electron chi connectivity index (χ1n) is 5.65. The number of ether oxygens (including phenoxy) is 1. The summed E-state index contributed by atoms with van der Waals surface area (Å²) < 4.78 is 5.75. The fourth-order valence-electron chi connectivity index (χ4n) is 1.65. The molecular formula is C12H21N3O. The van der Waals surface area contributed by atoms with Gasteiger partial charge in [0.15, 0.2) is 0 Å². The second-order valence-electron chi connectivity index (χ2n) is 4.41. The number of pyridine rings is 1. The lowest BCUT2D eigenvalue weighted by molar-refractivity contribution is 0.0399. The fraction of sp³-hybridized carbons (Fsp3) is 0.583. The van der Waals surface area contributed by atoms with Crippen molar-refractivity contribution >= 4 is 5.82 Å². The Bertz CT molecular complexity index is 315. The van der Waals surface area contributed by atoms with Gasteiger partial charge in [-0.1, -0.05) is 19.9 Å². The molecule has 0 saturated carbocycles. The van der Waals surface area contributed by atoms with Crippen LogP contribution in [0.3, 0.4) is 0 Å². The summed E-state index contributed by atoms with van der Waals surface area (Å²) in [6, 6.07) is 3.84. The average Bonchev–Trinajstić information content (AvgIpc) is 2.26. The highest BCUT2D eigenvalue weighted by atomic mass is 16.5. The molecule has 3 N–H and O–H groups in total. The molecule has 0 aliphatic heterocycles. The SMILES string of the molecule is CC(C)CC(C)OCc1cccnc1NN. The van der Waals surface area contributed by atoms with E-state index < -0.39 is 0 Å². The van der Waals surface area contributed by atoms with Crippen LogP contribution in [-0.2, 0) is 11.3 Å². The highest BCUT2D eigenvalue weighted by molar-refractivity contribution is 5.41. The van der Waals surface area contributed by atoms with Crippen LogP contribution in [0.4, 0.5) is 5.82 Å². The highest BCUT2D eigenvalue weighted by Crippen LogP contribution is 2.14. The summed E-state index contributed by atoms with van der Waals surface area (Å²) in [4.78, 5) is 4.12. The van der Waals surface area contributed by atoms with Gasteiger partial charge in [0.25, 0.3) is 0 Å². The molecule has 0 spiro atoms. The predicted molar refractivity (Wildman–Crippen MR) is 65.8 cm³/mol. The molecule has 16 heavy (non-hydrogen) atoms. The minimum atomic E-state index is 0.255. The molecule has 1 unspecified atom stereocenters. The van der Waals surface area contributed by atoms with E-state index in [0.717, 1.165) is 12.0 Å². The lowest BCUT2D eigenvalue weighted by atomic mass is 10.1. The van der Waals surface area contributed by atoms with Gasteiger partial charge < -0.3 is 10.2 Å². The Kier molecular flexibility index (Phi) is 5.22. The van der Waals surface area contributed by atoms with Crippen molar-refractivity contribution in [1.29, 1.82) is 0 Å². The quantitative estimate of drug-likeness (QED) is 0.574. The maximum atomic E-state index is 5.75. The largest absolute Gasteiger partial charge is 0.374 e. The number of rotatable bonds is 6. The van der Waals surface area contributed by atoms with Crippen LogP contribution in [0.15, 0.2) is 18.3 Å². The maximum absolute atomic E-state index is 5.75. The van der Waals surface area contributed by atoms with Crippen molar-refractivity contribution in [3.05, 3.63) is 23.9 Å². The van der Waals surface area contributed by atoms with Crippen molar-refractivity contribution in [1.82, 2.24) is 4.98 Å². The lowest BCUT2D eigenvalue weighted by Crippen LogP contribution is -2.14. The van der Waals surface area contributed by atoms with E-state index in [-0.39, 0.29) is 6.10 Å². The van der Waals surface area contributed by atoms with Gasteiger partial charge in [0.1, 0.15) is 5.82 Å². The summed E-state index contributed by atoms with van der Waals surface area (Å²) >= 11 is 0. The molecule has 0 saturated heterocycles. The van der Waals surface area contributed by atoms with Gasteiger partial charge in [-0.3, -0.25) is 0 Å². The molecule has 0 aromatic carbocycles. The summed E-state index contributed by atoms with van der Waals surface area (Å²) in [6.07, 6.45) is 3.02. The van der Waals surface area contributed by atoms with Crippen LogP contribution in [0.2, 0.25) is 0 Å². The normalized spacial score (nSPS) is 12.8. The van der Waals surface area contributed by atoms with E-state index in [1.807, 2.05) is 12.1 Å². The van der Waals surface area contributed by atoms with E-state index in [0.29, 0.717) is 18.3 Å². The molecule has 1 aromatic heterocycles. The Morgan fingerprint density at radius 3 is 2.81 bits per heavy atom. The zero-order valence-electron chi connectivity index (χ0n) is 10.2. The van der Waals surface area contributed by atoms with Crippen molar-refractivity contribution in [2.75, 3.05) is 5.43 Å². The van der Waals surface area contributed by atoms with Crippen molar-refractivity contribution < 1.29 is 4.74 Å². The third-order valence-corrected chi connectivity index (χ3v) is 2.35. The third kappa shape index (κ3) is 4.16. The summed E-state index contributed by atoms with van der Waals surface area (Å²) in [5.41, 5.74) is 3.56. The molecule has 1 rings (SSSR count). The van der Waals surface area contributed by atoms with E-state index in [9.17, 15) is 0 Å². The number of nitrogens with one attached hydrogen (secondary N) is 1. The molecule has 0 fully saturated rings. The molecule has 0 aliphatic rings. The molecular weight excluding hydrogens is 202 g/mol. The molecule has 0 aliphatic carbocycles. The zero-order chi connectivity index (χ0) is 12.0. The third-order valence-electron chi connectivity index (χ3n) is 2.35. The van der Waals surface area contributed by atoms with Gasteiger partial charge in [0.05, 0.1) is 12.7 Å². The number of nitrogens with zero attached hydrogens (tertiary/aromatic N) is 1. The fourth-order valence-corrected chi connectivity index (χ4v) is 1.65. The second-order valence-corrected chi connectivity index (χ2v) is 4.41. The standard InChI is InChI=1S/C12H21N3O/c1-9(2)7-10(3)16-8-11-5-4-6-14-12(11)15-13/h4-6,9-10H,7-8,13H2,1-3H3,(H,14,15). The zero-order valence-corrected chi connectivity index (χ0v) is 10.2. The second kappa shape index (κ2) is 6.45. The predicted octanol–water partition coefficient (Wildman–Crippen LogP) is 2.32. The number of aromatic nitrogens is 1. The van der Waals surface area contributed by atoms with Crippen LogP contribution in [0.25, 0.3) is 0 Å². The van der Waals surface area contributed by atoms with Gasteiger partial charge >= 0.3 is 0 Å². The van der Waals surface area contributed by atoms with Crippen LogP contribution in [0, 0.1) is 5.92 Å². The molecule has 1 aromatic rings. The number of hydrazine groups is 1. The molecule has 4 nitrogen and oxygen atoms in total. The number of anilines is 1. The minimum absolute atomic E-state index is 0.255. The van der Waals surface area contributed by atoms with Gasteiger partial charge in [-0.15, -0.1) is 0 Å². The van der Waals surface area contributed by atoms with Gasteiger partial charge in [-0.05, 0) is 25.3 Å². The smallest absolute Gasteiger partial charge is 0.145 e. The van der Waals surface area contributed by atoms with Crippen molar-refractivity contribution in [3.63, 3.8) is 0 Å². The van der Waals surface area contributed by atoms with E-state index in [2.05, 4.69) is 31.2 Å². The maximum Gasteiger partial charge on any atom is 0.145 e. The molecule has 0 amide bonds. The number of hydrogen-bond acceptors (Lipinski definition) is 4. The van der Waals surface area contributed by atoms with Crippen molar-refractivity contribution in [2.45, 2.75) is 39.9 Å². The monoisotopic (exact) mass is 223 g/mol. The van der Waals surface area contributed by atoms with E-state index in [1.54, 1.807) is 6.20 Å². The Balaban J connectivity index is 2.47. The van der Waals surface area contributed by atoms with Gasteiger partial charge in [-0.25, -0.2) is 10.8 Å². The van der Waals surface area contributed by atoms with Crippen molar-refractivity contribution in [3.8, 4) is 0 Å². The lowest BCUT2D eigenvalue weighted by Gasteiger charge is -2.16. The molecule has 0 bridgehead atoms. The Morgan fingerprint density at radius 2 is 2.19 bits per heavy atom. The summed E-state index contributed by atoms with van der Waals surface area (Å²) in [7, 11) is 0. The molecule has 0 radical (unpaired) electrons. The molecule has 1 atom stereocenters. The summed E-state index contributed by atoms with van der Waals surface area (Å²) in [6.45, 7) is 7.01. The van der Waals surface area contributed by atoms with Gasteiger partial charge in [0.2, 0.25) is 0 Å². The number of hydrogen-bond donors (Lipinski definition) is 2. The van der Waals surface area contributed by atoms with Crippen LogP contribution in [0.1, 0.15) is 32.8 Å². The molecule has 4 heteroatoms. The first kappa shape index (κ1) is 12.9. The summed E-state index contributed by atoms with van der Waals surface area (Å²) in [5, 5.41) is 0. The molecule has 1 heterocycles. The average molecular weight is 223 g/mol. The minimum Gasteiger partial charge on any atom is -0.374 e. The Labute approximate surface area is 97.2 Å². The van der Waals surface area contributed by atoms with Crippen LogP contribution in [-0.4, -0.2) is 11.1 Å². The van der Waals surface area contributed by atoms with E-state index in [1.165, 1.54) is 0 Å². The Morgan fingerprint density at radius 1 is 1.44 bits per heavy atom.